The lowest BCUT2D eigenvalue weighted by atomic mass is 10.1. The average molecular weight is 396 g/mol. The quantitative estimate of drug-likeness (QED) is 0.591. The van der Waals surface area contributed by atoms with Crippen LogP contribution in [0, 0.1) is 6.92 Å². The Hall–Kier alpha value is -3.13. The summed E-state index contributed by atoms with van der Waals surface area (Å²) < 4.78 is 1.98. The Labute approximate surface area is 166 Å². The number of benzene rings is 2. The van der Waals surface area contributed by atoms with Crippen LogP contribution in [0.3, 0.4) is 0 Å². The monoisotopic (exact) mass is 396 g/mol. The van der Waals surface area contributed by atoms with Crippen LogP contribution in [0.2, 0.25) is 0 Å². The van der Waals surface area contributed by atoms with E-state index in [1.165, 1.54) is 29.5 Å². The minimum atomic E-state index is -1.00. The van der Waals surface area contributed by atoms with Gasteiger partial charge in [-0.3, -0.25) is 4.79 Å². The van der Waals surface area contributed by atoms with E-state index in [0.717, 1.165) is 11.4 Å². The van der Waals surface area contributed by atoms with Crippen LogP contribution in [0.1, 0.15) is 22.8 Å². The number of carbonyl (C=O) groups is 2. The average Bonchev–Trinajstić information content (AvgIpc) is 3.10. The van der Waals surface area contributed by atoms with Gasteiger partial charge in [0.05, 0.1) is 11.3 Å². The number of thioether (sulfide) groups is 1. The maximum atomic E-state index is 12.2. The van der Waals surface area contributed by atoms with Gasteiger partial charge in [0, 0.05) is 17.8 Å². The van der Waals surface area contributed by atoms with Gasteiger partial charge in [0.15, 0.2) is 11.0 Å². The Morgan fingerprint density at radius 3 is 2.36 bits per heavy atom. The van der Waals surface area contributed by atoms with Crippen molar-refractivity contribution in [3.63, 3.8) is 0 Å². The van der Waals surface area contributed by atoms with Gasteiger partial charge in [-0.05, 0) is 38.1 Å². The lowest BCUT2D eigenvalue weighted by Gasteiger charge is -2.08. The van der Waals surface area contributed by atoms with Crippen LogP contribution >= 0.6 is 11.8 Å². The van der Waals surface area contributed by atoms with Gasteiger partial charge in [-0.15, -0.1) is 10.2 Å². The van der Waals surface area contributed by atoms with E-state index >= 15 is 0 Å². The summed E-state index contributed by atoms with van der Waals surface area (Å²) in [7, 11) is 0. The van der Waals surface area contributed by atoms with Crippen LogP contribution in [0.4, 0.5) is 5.69 Å². The molecule has 0 aliphatic carbocycles. The minimum Gasteiger partial charge on any atom is -0.478 e. The van der Waals surface area contributed by atoms with E-state index in [1.807, 2.05) is 42.7 Å². The van der Waals surface area contributed by atoms with Crippen LogP contribution in [0.5, 0.6) is 0 Å². The van der Waals surface area contributed by atoms with Crippen molar-refractivity contribution in [1.82, 2.24) is 14.8 Å². The fourth-order valence-corrected chi connectivity index (χ4v) is 3.42. The molecule has 0 aliphatic rings. The minimum absolute atomic E-state index is 0.173. The number of nitrogens with one attached hydrogen (secondary N) is 1. The summed E-state index contributed by atoms with van der Waals surface area (Å²) in [6.07, 6.45) is 0. The number of nitrogens with zero attached hydrogens (tertiary/aromatic N) is 3. The molecule has 1 amide bonds. The molecule has 0 saturated heterocycles. The molecule has 8 heteroatoms. The Morgan fingerprint density at radius 1 is 1.07 bits per heavy atom. The number of aromatic nitrogens is 3. The SMILES string of the molecule is CCn1c(SCC(=O)Nc2ccc(C(=O)O)cc2)nnc1-c1ccc(C)cc1. The smallest absolute Gasteiger partial charge is 0.335 e. The molecule has 0 radical (unpaired) electrons. The number of hydrogen-bond donors (Lipinski definition) is 2. The number of carboxylic acids is 1. The molecule has 0 fully saturated rings. The van der Waals surface area contributed by atoms with Crippen molar-refractivity contribution in [1.29, 1.82) is 0 Å². The highest BCUT2D eigenvalue weighted by molar-refractivity contribution is 7.99. The number of carboxylic acid groups (broad SMARTS) is 1. The highest BCUT2D eigenvalue weighted by atomic mass is 32.2. The molecule has 0 saturated carbocycles. The first-order valence-corrected chi connectivity index (χ1v) is 9.72. The van der Waals surface area contributed by atoms with Crippen LogP contribution in [0.15, 0.2) is 53.7 Å². The molecular weight excluding hydrogens is 376 g/mol. The number of rotatable bonds is 7. The molecule has 3 aromatic rings. The molecule has 3 rings (SSSR count). The zero-order valence-corrected chi connectivity index (χ0v) is 16.4. The summed E-state index contributed by atoms with van der Waals surface area (Å²) in [4.78, 5) is 23.1. The number of aryl methyl sites for hydroxylation is 1. The van der Waals surface area contributed by atoms with Gasteiger partial charge >= 0.3 is 5.97 Å². The zero-order valence-electron chi connectivity index (χ0n) is 15.5. The maximum absolute atomic E-state index is 12.2. The standard InChI is InChI=1S/C20H20N4O3S/c1-3-24-18(14-6-4-13(2)5-7-14)22-23-20(24)28-12-17(25)21-16-10-8-15(9-11-16)19(26)27/h4-11H,3,12H2,1-2H3,(H,21,25)(H,26,27). The third-order valence-corrected chi connectivity index (χ3v) is 5.06. The van der Waals surface area contributed by atoms with Gasteiger partial charge < -0.3 is 15.0 Å². The second-order valence-corrected chi connectivity index (χ2v) is 7.08. The first-order chi connectivity index (χ1) is 13.5. The van der Waals surface area contributed by atoms with Crippen LogP contribution < -0.4 is 5.32 Å². The van der Waals surface area contributed by atoms with Crippen molar-refractivity contribution in [2.45, 2.75) is 25.5 Å². The maximum Gasteiger partial charge on any atom is 0.335 e. The Bertz CT molecular complexity index is 982. The Morgan fingerprint density at radius 2 is 1.75 bits per heavy atom. The second kappa shape index (κ2) is 8.71. The first-order valence-electron chi connectivity index (χ1n) is 8.74. The third kappa shape index (κ3) is 4.58. The van der Waals surface area contributed by atoms with Gasteiger partial charge in [-0.25, -0.2) is 4.79 Å². The molecule has 7 nitrogen and oxygen atoms in total. The van der Waals surface area contributed by atoms with Crippen LogP contribution in [-0.2, 0) is 11.3 Å². The van der Waals surface area contributed by atoms with Gasteiger partial charge in [-0.2, -0.15) is 0 Å². The Balaban J connectivity index is 1.64. The van der Waals surface area contributed by atoms with Crippen molar-refractivity contribution in [3.8, 4) is 11.4 Å². The van der Waals surface area contributed by atoms with E-state index in [4.69, 9.17) is 5.11 Å². The largest absolute Gasteiger partial charge is 0.478 e. The van der Waals surface area contributed by atoms with E-state index in [1.54, 1.807) is 12.1 Å². The Kier molecular flexibility index (Phi) is 6.10. The fraction of sp³-hybridized carbons (Fsp3) is 0.200. The van der Waals surface area contributed by atoms with Crippen molar-refractivity contribution >= 4 is 29.3 Å². The summed E-state index contributed by atoms with van der Waals surface area (Å²) in [5.41, 5.74) is 2.88. The molecule has 2 aromatic carbocycles. The molecule has 28 heavy (non-hydrogen) atoms. The van der Waals surface area contributed by atoms with Crippen molar-refractivity contribution in [3.05, 3.63) is 59.7 Å². The number of carbonyl (C=O) groups excluding carboxylic acids is 1. The fourth-order valence-electron chi connectivity index (χ4n) is 2.62. The highest BCUT2D eigenvalue weighted by Crippen LogP contribution is 2.24. The topological polar surface area (TPSA) is 97.1 Å². The van der Waals surface area contributed by atoms with Gasteiger partial charge in [0.1, 0.15) is 0 Å². The molecule has 1 heterocycles. The van der Waals surface area contributed by atoms with Crippen LogP contribution in [0.25, 0.3) is 11.4 Å². The number of aromatic carboxylic acids is 1. The van der Waals surface area contributed by atoms with E-state index in [0.29, 0.717) is 17.4 Å². The molecule has 0 atom stereocenters. The van der Waals surface area contributed by atoms with Crippen molar-refractivity contribution in [2.75, 3.05) is 11.1 Å². The molecule has 0 bridgehead atoms. The summed E-state index contributed by atoms with van der Waals surface area (Å²) in [5.74, 6) is -0.255. The number of amides is 1. The molecule has 0 spiro atoms. The van der Waals surface area contributed by atoms with Crippen molar-refractivity contribution < 1.29 is 14.7 Å². The molecule has 2 N–H and O–H groups in total. The van der Waals surface area contributed by atoms with Gasteiger partial charge in [0.25, 0.3) is 0 Å². The molecular formula is C20H20N4O3S. The van der Waals surface area contributed by atoms with E-state index in [-0.39, 0.29) is 17.2 Å². The summed E-state index contributed by atoms with van der Waals surface area (Å²) in [5, 5.41) is 20.8. The lowest BCUT2D eigenvalue weighted by molar-refractivity contribution is -0.113. The van der Waals surface area contributed by atoms with Gasteiger partial charge in [0.2, 0.25) is 5.91 Å². The first kappa shape index (κ1) is 19.6. The summed E-state index contributed by atoms with van der Waals surface area (Å²) in [6.45, 7) is 4.73. The zero-order chi connectivity index (χ0) is 20.1. The van der Waals surface area contributed by atoms with Gasteiger partial charge in [-0.1, -0.05) is 41.6 Å². The molecule has 0 aliphatic heterocycles. The number of hydrogen-bond acceptors (Lipinski definition) is 5. The summed E-state index contributed by atoms with van der Waals surface area (Å²) in [6, 6.07) is 14.1. The third-order valence-electron chi connectivity index (χ3n) is 4.09. The predicted octanol–water partition coefficient (Wildman–Crippen LogP) is 3.70. The van der Waals surface area contributed by atoms with E-state index < -0.39 is 5.97 Å². The van der Waals surface area contributed by atoms with E-state index in [9.17, 15) is 9.59 Å². The molecule has 0 unspecified atom stereocenters. The second-order valence-electron chi connectivity index (χ2n) is 6.14. The lowest BCUT2D eigenvalue weighted by Crippen LogP contribution is -2.14. The number of anilines is 1. The normalized spacial score (nSPS) is 10.6. The van der Waals surface area contributed by atoms with Crippen LogP contribution in [-0.4, -0.2) is 37.5 Å². The summed E-state index contributed by atoms with van der Waals surface area (Å²) >= 11 is 1.31. The van der Waals surface area contributed by atoms with Crippen molar-refractivity contribution in [2.24, 2.45) is 0 Å². The highest BCUT2D eigenvalue weighted by Gasteiger charge is 2.14. The predicted molar refractivity (Wildman–Crippen MR) is 109 cm³/mol. The molecule has 1 aromatic heterocycles. The molecule has 144 valence electrons. The van der Waals surface area contributed by atoms with E-state index in [2.05, 4.69) is 15.5 Å².